The molecule has 6 heteroatoms. The summed E-state index contributed by atoms with van der Waals surface area (Å²) in [7, 11) is 4.10. The summed E-state index contributed by atoms with van der Waals surface area (Å²) < 4.78 is 5.51. The first-order valence-corrected chi connectivity index (χ1v) is 12.8. The summed E-state index contributed by atoms with van der Waals surface area (Å²) in [5.41, 5.74) is 4.66. The van der Waals surface area contributed by atoms with E-state index < -0.39 is 0 Å². The van der Waals surface area contributed by atoms with Crippen LogP contribution >= 0.6 is 0 Å². The lowest BCUT2D eigenvalue weighted by Crippen LogP contribution is -2.50. The van der Waals surface area contributed by atoms with Gasteiger partial charge in [-0.2, -0.15) is 0 Å². The van der Waals surface area contributed by atoms with E-state index in [1.165, 1.54) is 16.9 Å². The van der Waals surface area contributed by atoms with Gasteiger partial charge in [0.25, 0.3) is 0 Å². The standard InChI is InChI=1S/C30H38N4O2/c1-4-36-28-16-10-24(11-17-28)22-30(35)31-23-29(25-12-14-26(15-13-25)32(2)3)34-20-18-33(19-21-34)27-8-6-5-7-9-27/h5-17,29H,4,18-23H2,1-3H3,(H,31,35)/t29-/m0/s1. The predicted molar refractivity (Wildman–Crippen MR) is 148 cm³/mol. The highest BCUT2D eigenvalue weighted by molar-refractivity contribution is 5.78. The third-order valence-electron chi connectivity index (χ3n) is 6.76. The lowest BCUT2D eigenvalue weighted by molar-refractivity contribution is -0.120. The van der Waals surface area contributed by atoms with Crippen molar-refractivity contribution in [2.24, 2.45) is 0 Å². The van der Waals surface area contributed by atoms with Crippen LogP contribution in [0.1, 0.15) is 24.1 Å². The molecule has 0 spiro atoms. The van der Waals surface area contributed by atoms with E-state index in [2.05, 4.69) is 88.7 Å². The average Bonchev–Trinajstić information content (AvgIpc) is 2.91. The van der Waals surface area contributed by atoms with Crippen molar-refractivity contribution in [2.75, 3.05) is 63.2 Å². The highest BCUT2D eigenvalue weighted by atomic mass is 16.5. The van der Waals surface area contributed by atoms with Gasteiger partial charge in [0.2, 0.25) is 5.91 Å². The number of hydrogen-bond acceptors (Lipinski definition) is 5. The largest absolute Gasteiger partial charge is 0.494 e. The van der Waals surface area contributed by atoms with Crippen molar-refractivity contribution in [1.82, 2.24) is 10.2 Å². The number of piperazine rings is 1. The third kappa shape index (κ3) is 6.79. The lowest BCUT2D eigenvalue weighted by atomic mass is 10.0. The van der Waals surface area contributed by atoms with Crippen molar-refractivity contribution in [3.63, 3.8) is 0 Å². The van der Waals surface area contributed by atoms with E-state index in [9.17, 15) is 4.79 Å². The van der Waals surface area contributed by atoms with Gasteiger partial charge in [0.15, 0.2) is 0 Å². The van der Waals surface area contributed by atoms with Gasteiger partial charge in [-0.3, -0.25) is 9.69 Å². The minimum absolute atomic E-state index is 0.0389. The van der Waals surface area contributed by atoms with Gasteiger partial charge in [-0.1, -0.05) is 42.5 Å². The van der Waals surface area contributed by atoms with Gasteiger partial charge < -0.3 is 19.9 Å². The van der Waals surface area contributed by atoms with Gasteiger partial charge >= 0.3 is 0 Å². The number of hydrogen-bond donors (Lipinski definition) is 1. The van der Waals surface area contributed by atoms with E-state index in [0.717, 1.165) is 37.5 Å². The average molecular weight is 487 g/mol. The van der Waals surface area contributed by atoms with E-state index in [-0.39, 0.29) is 11.9 Å². The van der Waals surface area contributed by atoms with Crippen LogP contribution < -0.4 is 19.9 Å². The highest BCUT2D eigenvalue weighted by Crippen LogP contribution is 2.26. The molecule has 0 aromatic heterocycles. The molecule has 1 heterocycles. The Morgan fingerprint density at radius 3 is 2.19 bits per heavy atom. The second-order valence-electron chi connectivity index (χ2n) is 9.42. The smallest absolute Gasteiger partial charge is 0.224 e. The molecule has 190 valence electrons. The van der Waals surface area contributed by atoms with Gasteiger partial charge in [-0.25, -0.2) is 0 Å². The zero-order valence-corrected chi connectivity index (χ0v) is 21.7. The van der Waals surface area contributed by atoms with Gasteiger partial charge in [0, 0.05) is 58.2 Å². The molecule has 0 unspecified atom stereocenters. The van der Waals surface area contributed by atoms with Gasteiger partial charge in [0.1, 0.15) is 5.75 Å². The van der Waals surface area contributed by atoms with Crippen molar-refractivity contribution < 1.29 is 9.53 Å². The number of anilines is 2. The second-order valence-corrected chi connectivity index (χ2v) is 9.42. The first-order chi connectivity index (χ1) is 17.5. The molecule has 1 saturated heterocycles. The quantitative estimate of drug-likeness (QED) is 0.461. The normalized spacial score (nSPS) is 14.8. The van der Waals surface area contributed by atoms with Crippen LogP contribution in [0, 0.1) is 0 Å². The van der Waals surface area contributed by atoms with E-state index in [4.69, 9.17) is 4.74 Å². The fourth-order valence-corrected chi connectivity index (χ4v) is 4.71. The number of nitrogens with zero attached hydrogens (tertiary/aromatic N) is 3. The van der Waals surface area contributed by atoms with Crippen molar-refractivity contribution >= 4 is 17.3 Å². The molecule has 4 rings (SSSR count). The summed E-state index contributed by atoms with van der Waals surface area (Å²) in [4.78, 5) is 19.9. The third-order valence-corrected chi connectivity index (χ3v) is 6.76. The molecule has 36 heavy (non-hydrogen) atoms. The molecular weight excluding hydrogens is 448 g/mol. The first-order valence-electron chi connectivity index (χ1n) is 12.8. The van der Waals surface area contributed by atoms with Crippen LogP contribution in [0.25, 0.3) is 0 Å². The lowest BCUT2D eigenvalue weighted by Gasteiger charge is -2.40. The number of nitrogens with one attached hydrogen (secondary N) is 1. The molecule has 1 fully saturated rings. The Kier molecular flexibility index (Phi) is 8.85. The molecule has 0 radical (unpaired) electrons. The first kappa shape index (κ1) is 25.6. The molecule has 0 saturated carbocycles. The van der Waals surface area contributed by atoms with Crippen molar-refractivity contribution in [1.29, 1.82) is 0 Å². The Morgan fingerprint density at radius 2 is 1.58 bits per heavy atom. The number of ether oxygens (including phenoxy) is 1. The maximum atomic E-state index is 12.8. The molecule has 1 aliphatic heterocycles. The van der Waals surface area contributed by atoms with Crippen LogP contribution in [0.3, 0.4) is 0 Å². The fraction of sp³-hybridized carbons (Fsp3) is 0.367. The number of carbonyl (C=O) groups excluding carboxylic acids is 1. The van der Waals surface area contributed by atoms with Crippen LogP contribution in [0.15, 0.2) is 78.9 Å². The highest BCUT2D eigenvalue weighted by Gasteiger charge is 2.26. The molecule has 1 atom stereocenters. The van der Waals surface area contributed by atoms with Crippen LogP contribution in [-0.2, 0) is 11.2 Å². The summed E-state index contributed by atoms with van der Waals surface area (Å²) in [6.45, 7) is 7.02. The van der Waals surface area contributed by atoms with Crippen molar-refractivity contribution in [3.05, 3.63) is 90.0 Å². The second kappa shape index (κ2) is 12.5. The summed E-state index contributed by atoms with van der Waals surface area (Å²) in [5.74, 6) is 0.870. The van der Waals surface area contributed by atoms with Crippen LogP contribution in [-0.4, -0.2) is 64.2 Å². The maximum absolute atomic E-state index is 12.8. The molecule has 3 aromatic carbocycles. The number of carbonyl (C=O) groups is 1. The molecule has 0 aliphatic carbocycles. The Morgan fingerprint density at radius 1 is 0.917 bits per heavy atom. The molecule has 1 aliphatic rings. The summed E-state index contributed by atoms with van der Waals surface area (Å²) in [6, 6.07) is 27.2. The number of benzene rings is 3. The van der Waals surface area contributed by atoms with Crippen molar-refractivity contribution in [2.45, 2.75) is 19.4 Å². The Labute approximate surface area is 215 Å². The summed E-state index contributed by atoms with van der Waals surface area (Å²) >= 11 is 0. The van der Waals surface area contributed by atoms with Crippen LogP contribution in [0.4, 0.5) is 11.4 Å². The van der Waals surface area contributed by atoms with E-state index in [1.807, 2.05) is 31.2 Å². The van der Waals surface area contributed by atoms with Gasteiger partial charge in [0.05, 0.1) is 19.1 Å². The molecule has 6 nitrogen and oxygen atoms in total. The minimum Gasteiger partial charge on any atom is -0.494 e. The number of rotatable bonds is 10. The zero-order chi connectivity index (χ0) is 25.3. The maximum Gasteiger partial charge on any atom is 0.224 e. The van der Waals surface area contributed by atoms with E-state index >= 15 is 0 Å². The predicted octanol–water partition coefficient (Wildman–Crippen LogP) is 4.37. The Balaban J connectivity index is 1.41. The Bertz CT molecular complexity index is 1080. The molecule has 0 bridgehead atoms. The SMILES string of the molecule is CCOc1ccc(CC(=O)NC[C@@H](c2ccc(N(C)C)cc2)N2CCN(c3ccccc3)CC2)cc1. The number of para-hydroxylation sites is 1. The molecular formula is C30H38N4O2. The zero-order valence-electron chi connectivity index (χ0n) is 21.7. The molecule has 1 amide bonds. The topological polar surface area (TPSA) is 48.1 Å². The minimum atomic E-state index is 0.0389. The van der Waals surface area contributed by atoms with Crippen molar-refractivity contribution in [3.8, 4) is 5.75 Å². The fourth-order valence-electron chi connectivity index (χ4n) is 4.71. The monoisotopic (exact) mass is 486 g/mol. The van der Waals surface area contributed by atoms with E-state index in [1.54, 1.807) is 0 Å². The molecule has 1 N–H and O–H groups in total. The van der Waals surface area contributed by atoms with Gasteiger partial charge in [-0.05, 0) is 54.4 Å². The number of amides is 1. The Hall–Kier alpha value is -3.51. The van der Waals surface area contributed by atoms with E-state index in [0.29, 0.717) is 19.6 Å². The summed E-state index contributed by atoms with van der Waals surface area (Å²) in [5, 5.41) is 3.21. The molecule has 3 aromatic rings. The van der Waals surface area contributed by atoms with Gasteiger partial charge in [-0.15, -0.1) is 0 Å². The van der Waals surface area contributed by atoms with Crippen LogP contribution in [0.2, 0.25) is 0 Å². The van der Waals surface area contributed by atoms with Crippen LogP contribution in [0.5, 0.6) is 5.75 Å². The summed E-state index contributed by atoms with van der Waals surface area (Å²) in [6.07, 6.45) is 0.362.